The number of benzene rings is 6. The van der Waals surface area contributed by atoms with Crippen molar-refractivity contribution in [1.29, 1.82) is 0 Å². The highest BCUT2D eigenvalue weighted by atomic mass is 16.7. The number of aliphatic hydroxyl groups is 4. The molecule has 6 aromatic carbocycles. The van der Waals surface area contributed by atoms with Gasteiger partial charge in [-0.1, -0.05) is 139 Å². The molecule has 0 unspecified atom stereocenters. The van der Waals surface area contributed by atoms with Gasteiger partial charge in [0.05, 0.1) is 77.5 Å². The van der Waals surface area contributed by atoms with E-state index in [4.69, 9.17) is 34.4 Å². The standard InChI is InChI=1S/C44H60N4O7.C34H47N3O7.C10H15NO/c1-26-36-21-32(44(36,3)4)22-37(26)46-43(52)40-39(27(2)50)38(24-49)55-48(40)23-29-15-12-16-35(41(29)54-8)30-18-31(20-34(19-30)47(5)6)42(51)45-33(25-53-7)17-28-13-10-9-11-14-28;1-18-26-14-23(34(26,3)4)15-27(18)35-32(40)30-29(19(2)39)28(17-38)44-37(30)16-20-9-8-10-25(31(20)43-7)21-11-22(33(41)42)13-24(12-21)36(5)6;1-12-8-10(11)7-9-5-3-2-4-6-9/h9-16,18-20,26-27,32-33,36-40,49-50H,17,21-25H2,1-8H3,(H,45,51)(H,46,52);8-13,18-19,23,26-30,38-39H,14-17H2,1-7H3,(H,35,40)(H,41,42);2-6,10H,7-8,11H2,1H3/t26-,27-,32+,33+,36-,37-,38-,39+,40-;18-,19-,23+,26-,27-,28-,29+,30-;10-/m001/s1. The average molecular weight is 1530 g/mol. The third kappa shape index (κ3) is 19.3. The number of carboxylic acid groups (broad SMARTS) is 1. The van der Waals surface area contributed by atoms with Crippen LogP contribution < -0.4 is 41.0 Å². The molecule has 4 bridgehead atoms. The number of hydrogen-bond donors (Lipinski definition) is 9. The van der Waals surface area contributed by atoms with E-state index in [9.17, 15) is 44.7 Å². The third-order valence-corrected chi connectivity index (χ3v) is 25.1. The molecule has 0 aromatic heterocycles. The van der Waals surface area contributed by atoms with Gasteiger partial charge < -0.3 is 76.0 Å². The number of para-hydroxylation sites is 2. The SMILES string of the molecule is COC[C@@H](Cc1ccccc1)NC(=O)c1cc(-c2cccc(CN3O[C@@H](CO)[C@@H]([C@H](C)O)[C@H]3C(=O)N[C@H]3C[C@H]4C[C@@H]([C@@H]3C)C4(C)C)c2OC)cc(N(C)C)c1.COC[C@H](N)Cc1ccccc1.COc1c(CN2O[C@@H](CO)[C@@H]([C@H](C)O)[C@H]2C(=O)N[C@H]2C[C@H]3C[C@@H]([C@@H]2C)C3(C)C)cccc1-c1cc(C(=O)O)cc(N(C)C)c1. The highest BCUT2D eigenvalue weighted by Gasteiger charge is 2.59. The molecule has 2 saturated heterocycles. The van der Waals surface area contributed by atoms with Gasteiger partial charge in [0, 0.05) is 112 Å². The second-order valence-electron chi connectivity index (χ2n) is 33.3. The second-order valence-corrected chi connectivity index (χ2v) is 33.3. The molecule has 8 fully saturated rings. The van der Waals surface area contributed by atoms with Crippen LogP contribution in [0.15, 0.2) is 133 Å². The van der Waals surface area contributed by atoms with E-state index in [1.54, 1.807) is 64.5 Å². The number of aliphatic hydroxyl groups excluding tert-OH is 4. The minimum atomic E-state index is -1.03. The van der Waals surface area contributed by atoms with Gasteiger partial charge in [-0.25, -0.2) is 4.79 Å². The van der Waals surface area contributed by atoms with Crippen LogP contribution in [0.3, 0.4) is 0 Å². The van der Waals surface area contributed by atoms with E-state index in [0.717, 1.165) is 52.9 Å². The Hall–Kier alpha value is -8.04. The van der Waals surface area contributed by atoms with Gasteiger partial charge in [-0.15, -0.1) is 0 Å². The van der Waals surface area contributed by atoms with Crippen LogP contribution in [-0.4, -0.2) is 203 Å². The van der Waals surface area contributed by atoms with Crippen LogP contribution in [0.1, 0.15) is 124 Å². The Morgan fingerprint density at radius 3 is 1.35 bits per heavy atom. The maximum absolute atomic E-state index is 14.3. The summed E-state index contributed by atoms with van der Waals surface area (Å²) in [5, 5.41) is 65.1. The van der Waals surface area contributed by atoms with Crippen LogP contribution in [0.25, 0.3) is 22.3 Å². The summed E-state index contributed by atoms with van der Waals surface area (Å²) in [6.45, 7) is 17.6. The summed E-state index contributed by atoms with van der Waals surface area (Å²) in [5.41, 5.74) is 15.3. The first-order valence-electron chi connectivity index (χ1n) is 39.3. The lowest BCUT2D eigenvalue weighted by atomic mass is 9.45. The van der Waals surface area contributed by atoms with Crippen molar-refractivity contribution in [3.05, 3.63) is 167 Å². The van der Waals surface area contributed by atoms with Crippen LogP contribution in [0.4, 0.5) is 11.4 Å². The minimum Gasteiger partial charge on any atom is -0.496 e. The summed E-state index contributed by atoms with van der Waals surface area (Å²) in [6.07, 6.45) is 2.43. The molecular formula is C88H122N8O15. The molecule has 3 amide bonds. The first-order valence-corrected chi connectivity index (χ1v) is 39.3. The maximum Gasteiger partial charge on any atom is 0.335 e. The number of hydroxylamine groups is 4. The lowest BCUT2D eigenvalue weighted by molar-refractivity contribution is -0.183. The van der Waals surface area contributed by atoms with Crippen molar-refractivity contribution < 1.29 is 73.3 Å². The molecule has 0 radical (unpaired) electrons. The molecule has 6 aromatic rings. The molecule has 14 rings (SSSR count). The first-order chi connectivity index (χ1) is 52.9. The van der Waals surface area contributed by atoms with Gasteiger partial charge in [-0.05, 0) is 157 Å². The van der Waals surface area contributed by atoms with Crippen molar-refractivity contribution in [1.82, 2.24) is 26.1 Å². The molecule has 2 aliphatic heterocycles. The Balaban J connectivity index is 0.000000208. The van der Waals surface area contributed by atoms with Crippen LogP contribution in [0, 0.1) is 58.2 Å². The Kier molecular flexibility index (Phi) is 28.7. The fraction of sp³-hybridized carbons (Fsp3) is 0.545. The molecule has 604 valence electrons. The van der Waals surface area contributed by atoms with Crippen molar-refractivity contribution in [3.63, 3.8) is 0 Å². The fourth-order valence-electron chi connectivity index (χ4n) is 18.7. The Morgan fingerprint density at radius 2 is 0.982 bits per heavy atom. The van der Waals surface area contributed by atoms with Crippen molar-refractivity contribution >= 4 is 35.1 Å². The number of anilines is 2. The first kappa shape index (κ1) is 85.4. The molecule has 0 spiro atoms. The lowest BCUT2D eigenvalue weighted by Crippen LogP contribution is -2.62. The molecule has 18 atom stereocenters. The molecule has 111 heavy (non-hydrogen) atoms. The molecular weight excluding hydrogens is 1410 g/mol. The Bertz CT molecular complexity index is 4100. The molecule has 6 saturated carbocycles. The third-order valence-electron chi connectivity index (χ3n) is 25.1. The molecule has 2 heterocycles. The number of aromatic carboxylic acids is 1. The van der Waals surface area contributed by atoms with E-state index in [1.807, 2.05) is 147 Å². The number of carbonyl (C=O) groups excluding carboxylic acids is 3. The Morgan fingerprint density at radius 1 is 0.568 bits per heavy atom. The maximum atomic E-state index is 14.3. The van der Waals surface area contributed by atoms with Gasteiger partial charge >= 0.3 is 5.97 Å². The van der Waals surface area contributed by atoms with Gasteiger partial charge in [0.2, 0.25) is 11.8 Å². The summed E-state index contributed by atoms with van der Waals surface area (Å²) in [5.74, 6) is 1.03. The predicted octanol–water partition coefficient (Wildman–Crippen LogP) is 10.1. The monoisotopic (exact) mass is 1530 g/mol. The van der Waals surface area contributed by atoms with Gasteiger partial charge in [-0.2, -0.15) is 10.1 Å². The zero-order chi connectivity index (χ0) is 80.5. The number of nitrogens with one attached hydrogen (secondary N) is 3. The highest BCUT2D eigenvalue weighted by molar-refractivity contribution is 5.97. The topological polar surface area (TPSA) is 300 Å². The van der Waals surface area contributed by atoms with E-state index in [0.29, 0.717) is 88.9 Å². The molecule has 6 aliphatic carbocycles. The van der Waals surface area contributed by atoms with E-state index in [1.165, 1.54) is 18.4 Å². The number of hydrogen-bond acceptors (Lipinski definition) is 19. The number of fused-ring (bicyclic) bond motifs is 4. The van der Waals surface area contributed by atoms with Gasteiger partial charge in [0.15, 0.2) is 0 Å². The number of methoxy groups -OCH3 is 4. The van der Waals surface area contributed by atoms with E-state index in [2.05, 4.69) is 69.6 Å². The summed E-state index contributed by atoms with van der Waals surface area (Å²) in [4.78, 5) is 70.4. The quantitative estimate of drug-likeness (QED) is 0.0211. The summed E-state index contributed by atoms with van der Waals surface area (Å²) >= 11 is 0. The number of ether oxygens (including phenoxy) is 4. The van der Waals surface area contributed by atoms with Crippen LogP contribution in [0.2, 0.25) is 0 Å². The van der Waals surface area contributed by atoms with Crippen molar-refractivity contribution in [2.75, 3.05) is 92.9 Å². The average Bonchev–Trinajstić information content (AvgIpc) is 1.22. The van der Waals surface area contributed by atoms with Gasteiger partial charge in [0.25, 0.3) is 5.91 Å². The number of carbonyl (C=O) groups is 4. The van der Waals surface area contributed by atoms with E-state index in [-0.39, 0.29) is 84.6 Å². The van der Waals surface area contributed by atoms with Crippen molar-refractivity contribution in [2.45, 2.75) is 168 Å². The predicted molar refractivity (Wildman–Crippen MR) is 431 cm³/mol. The van der Waals surface area contributed by atoms with E-state index >= 15 is 0 Å². The largest absolute Gasteiger partial charge is 0.496 e. The number of rotatable bonds is 29. The van der Waals surface area contributed by atoms with Crippen molar-refractivity contribution in [2.24, 2.45) is 63.9 Å². The highest BCUT2D eigenvalue weighted by Crippen LogP contribution is 2.62. The molecule has 23 nitrogen and oxygen atoms in total. The normalized spacial score (nSPS) is 26.5. The number of nitrogens with two attached hydrogens (primary N) is 1. The smallest absolute Gasteiger partial charge is 0.335 e. The Labute approximate surface area is 656 Å². The van der Waals surface area contributed by atoms with Crippen LogP contribution in [-0.2, 0) is 54.7 Å². The fourth-order valence-corrected chi connectivity index (χ4v) is 18.7. The number of amides is 3. The zero-order valence-corrected chi connectivity index (χ0v) is 67.8. The number of carboxylic acids is 1. The molecule has 8 aliphatic rings. The zero-order valence-electron chi connectivity index (χ0n) is 67.8. The van der Waals surface area contributed by atoms with Crippen LogP contribution in [0.5, 0.6) is 11.5 Å². The summed E-state index contributed by atoms with van der Waals surface area (Å²) < 4.78 is 22.4. The van der Waals surface area contributed by atoms with Gasteiger partial charge in [-0.3, -0.25) is 24.1 Å². The minimum absolute atomic E-state index is 0.0327. The molecule has 23 heteroatoms. The molecule has 10 N–H and O–H groups in total. The summed E-state index contributed by atoms with van der Waals surface area (Å²) in [7, 11) is 14.0. The summed E-state index contributed by atoms with van der Waals surface area (Å²) in [6, 6.07) is 40.7. The van der Waals surface area contributed by atoms with Crippen LogP contribution >= 0.6 is 0 Å². The number of nitrogens with zero attached hydrogens (tertiary/aromatic N) is 4. The van der Waals surface area contributed by atoms with Gasteiger partial charge in [0.1, 0.15) is 35.8 Å². The van der Waals surface area contributed by atoms with E-state index < -0.39 is 54.3 Å². The lowest BCUT2D eigenvalue weighted by Gasteiger charge is -2.62. The van der Waals surface area contributed by atoms with Crippen molar-refractivity contribution in [3.8, 4) is 33.8 Å². The second kappa shape index (κ2) is 37.3.